The molecular weight excluding hydrogens is 186 g/mol. The Hall–Kier alpha value is -1.64. The predicted molar refractivity (Wildman–Crippen MR) is 56.3 cm³/mol. The summed E-state index contributed by atoms with van der Waals surface area (Å²) in [5, 5.41) is 4.57. The van der Waals surface area contributed by atoms with Crippen LogP contribution in [0, 0.1) is 0 Å². The fourth-order valence-electron chi connectivity index (χ4n) is 2.09. The number of aryl methyl sites for hydroxylation is 2. The highest BCUT2D eigenvalue weighted by Gasteiger charge is 2.21. The number of nitrogens with zero attached hydrogens (tertiary/aromatic N) is 3. The van der Waals surface area contributed by atoms with Crippen LogP contribution >= 0.6 is 0 Å². The van der Waals surface area contributed by atoms with E-state index in [4.69, 9.17) is 0 Å². The minimum Gasteiger partial charge on any atom is -0.235 e. The van der Waals surface area contributed by atoms with Crippen molar-refractivity contribution in [2.24, 2.45) is 0 Å². The molecule has 2 heterocycles. The molecule has 0 spiro atoms. The van der Waals surface area contributed by atoms with Crippen LogP contribution in [0.25, 0.3) is 0 Å². The monoisotopic (exact) mass is 200 g/mol. The van der Waals surface area contributed by atoms with Crippen molar-refractivity contribution in [1.29, 1.82) is 0 Å². The third kappa shape index (κ3) is 1.65. The molecule has 1 aromatic carbocycles. The van der Waals surface area contributed by atoms with Crippen molar-refractivity contribution < 1.29 is 4.57 Å². The molecule has 76 valence electrons. The lowest BCUT2D eigenvalue weighted by atomic mass is 10.2. The zero-order chi connectivity index (χ0) is 10.1. The third-order valence-corrected chi connectivity index (χ3v) is 2.83. The van der Waals surface area contributed by atoms with Crippen molar-refractivity contribution in [1.82, 2.24) is 9.78 Å². The highest BCUT2D eigenvalue weighted by Crippen LogP contribution is 2.05. The van der Waals surface area contributed by atoms with Gasteiger partial charge in [0, 0.05) is 11.5 Å². The van der Waals surface area contributed by atoms with Crippen LogP contribution in [0.2, 0.25) is 0 Å². The fraction of sp³-hybridized carbons (Fsp3) is 0.333. The average molecular weight is 200 g/mol. The molecule has 3 nitrogen and oxygen atoms in total. The van der Waals surface area contributed by atoms with Gasteiger partial charge >= 0.3 is 0 Å². The first-order chi connectivity index (χ1) is 7.42. The van der Waals surface area contributed by atoms with Crippen LogP contribution in [0.1, 0.15) is 17.8 Å². The van der Waals surface area contributed by atoms with E-state index in [0.29, 0.717) is 0 Å². The second-order valence-corrected chi connectivity index (χ2v) is 4.01. The maximum atomic E-state index is 4.57. The summed E-state index contributed by atoms with van der Waals surface area (Å²) in [5.41, 5.74) is 1.30. The lowest BCUT2D eigenvalue weighted by Gasteiger charge is -1.94. The highest BCUT2D eigenvalue weighted by atomic mass is 15.4. The van der Waals surface area contributed by atoms with Gasteiger partial charge in [-0.15, -0.1) is 4.68 Å². The molecule has 0 unspecified atom stereocenters. The van der Waals surface area contributed by atoms with E-state index in [9.17, 15) is 0 Å². The first-order valence-electron chi connectivity index (χ1n) is 5.41. The Morgan fingerprint density at radius 3 is 2.93 bits per heavy atom. The van der Waals surface area contributed by atoms with E-state index in [0.717, 1.165) is 19.5 Å². The van der Waals surface area contributed by atoms with E-state index in [1.54, 1.807) is 0 Å². The summed E-state index contributed by atoms with van der Waals surface area (Å²) >= 11 is 0. The number of benzene rings is 1. The van der Waals surface area contributed by atoms with Crippen molar-refractivity contribution >= 4 is 0 Å². The maximum Gasteiger partial charge on any atom is 0.277 e. The van der Waals surface area contributed by atoms with Gasteiger partial charge in [-0.3, -0.25) is 0 Å². The molecule has 0 amide bonds. The summed E-state index contributed by atoms with van der Waals surface area (Å²) in [6.45, 7) is 2.00. The number of hydrogen-bond donors (Lipinski definition) is 0. The lowest BCUT2D eigenvalue weighted by molar-refractivity contribution is -0.691. The number of fused-ring (bicyclic) bond motifs is 1. The van der Waals surface area contributed by atoms with E-state index in [1.165, 1.54) is 17.8 Å². The summed E-state index contributed by atoms with van der Waals surface area (Å²) in [6.07, 6.45) is 4.49. The molecule has 0 saturated heterocycles. The highest BCUT2D eigenvalue weighted by molar-refractivity contribution is 5.14. The first kappa shape index (κ1) is 8.65. The molecule has 1 aromatic heterocycles. The van der Waals surface area contributed by atoms with E-state index in [2.05, 4.69) is 40.3 Å². The van der Waals surface area contributed by atoms with E-state index in [-0.39, 0.29) is 0 Å². The molecule has 1 aliphatic heterocycles. The van der Waals surface area contributed by atoms with Crippen LogP contribution in [0.3, 0.4) is 0 Å². The molecule has 0 saturated carbocycles. The second-order valence-electron chi connectivity index (χ2n) is 4.01. The Morgan fingerprint density at radius 1 is 1.27 bits per heavy atom. The van der Waals surface area contributed by atoms with Crippen LogP contribution in [0.5, 0.6) is 0 Å². The van der Waals surface area contributed by atoms with Crippen LogP contribution in [-0.4, -0.2) is 9.78 Å². The molecule has 0 N–H and O–H groups in total. The molecule has 1 aliphatic rings. The topological polar surface area (TPSA) is 21.7 Å². The lowest BCUT2D eigenvalue weighted by Crippen LogP contribution is -2.30. The Kier molecular flexibility index (Phi) is 2.02. The molecule has 0 bridgehead atoms. The van der Waals surface area contributed by atoms with Crippen molar-refractivity contribution in [3.8, 4) is 0 Å². The molecule has 0 atom stereocenters. The Morgan fingerprint density at radius 2 is 2.13 bits per heavy atom. The van der Waals surface area contributed by atoms with Gasteiger partial charge in [0.2, 0.25) is 6.33 Å². The quantitative estimate of drug-likeness (QED) is 0.667. The number of aromatic nitrogens is 3. The standard InChI is InChI=1S/C12H14N3/c1-2-5-11(6-3-1)9-15-10-14-8-4-7-12(14)13-15/h1-3,5-6,10H,4,7-9H2/q+1. The Balaban J connectivity index is 1.83. The van der Waals surface area contributed by atoms with Gasteiger partial charge in [0.15, 0.2) is 0 Å². The van der Waals surface area contributed by atoms with Gasteiger partial charge in [0.05, 0.1) is 6.54 Å². The number of rotatable bonds is 2. The van der Waals surface area contributed by atoms with Crippen molar-refractivity contribution in [2.75, 3.05) is 0 Å². The smallest absolute Gasteiger partial charge is 0.235 e. The molecule has 0 fully saturated rings. The van der Waals surface area contributed by atoms with E-state index in [1.807, 2.05) is 10.7 Å². The molecule has 3 rings (SSSR count). The third-order valence-electron chi connectivity index (χ3n) is 2.83. The molecule has 0 aliphatic carbocycles. The van der Waals surface area contributed by atoms with Gasteiger partial charge in [0.1, 0.15) is 6.54 Å². The normalized spacial score (nSPS) is 14.1. The van der Waals surface area contributed by atoms with Crippen LogP contribution in [0.4, 0.5) is 0 Å². The molecule has 0 radical (unpaired) electrons. The van der Waals surface area contributed by atoms with Crippen molar-refractivity contribution in [3.63, 3.8) is 0 Å². The summed E-state index contributed by atoms with van der Waals surface area (Å²) in [7, 11) is 0. The van der Waals surface area contributed by atoms with Crippen LogP contribution in [0.15, 0.2) is 36.7 Å². The predicted octanol–water partition coefficient (Wildman–Crippen LogP) is 1.17. The molecule has 3 heteroatoms. The average Bonchev–Trinajstić information content (AvgIpc) is 2.79. The summed E-state index contributed by atoms with van der Waals surface area (Å²) in [5.74, 6) is 1.23. The van der Waals surface area contributed by atoms with E-state index >= 15 is 0 Å². The van der Waals surface area contributed by atoms with E-state index < -0.39 is 0 Å². The minimum absolute atomic E-state index is 0.876. The Bertz CT molecular complexity index is 437. The van der Waals surface area contributed by atoms with Crippen molar-refractivity contribution in [3.05, 3.63) is 48.0 Å². The van der Waals surface area contributed by atoms with Gasteiger partial charge in [-0.1, -0.05) is 30.3 Å². The first-order valence-corrected chi connectivity index (χ1v) is 5.41. The van der Waals surface area contributed by atoms with Gasteiger partial charge in [-0.05, 0) is 12.0 Å². The fourth-order valence-corrected chi connectivity index (χ4v) is 2.09. The minimum atomic E-state index is 0.876. The van der Waals surface area contributed by atoms with Crippen LogP contribution in [-0.2, 0) is 19.5 Å². The number of hydrogen-bond acceptors (Lipinski definition) is 1. The maximum absolute atomic E-state index is 4.57. The largest absolute Gasteiger partial charge is 0.277 e. The zero-order valence-electron chi connectivity index (χ0n) is 8.63. The van der Waals surface area contributed by atoms with Gasteiger partial charge in [-0.25, -0.2) is 4.57 Å². The zero-order valence-corrected chi connectivity index (χ0v) is 8.63. The summed E-state index contributed by atoms with van der Waals surface area (Å²) in [6, 6.07) is 10.5. The van der Waals surface area contributed by atoms with Crippen LogP contribution < -0.4 is 4.57 Å². The summed E-state index contributed by atoms with van der Waals surface area (Å²) < 4.78 is 4.28. The molecule has 2 aromatic rings. The SMILES string of the molecule is c1ccc(Cn2c[n+]3c(n2)CCC3)cc1. The van der Waals surface area contributed by atoms with Crippen molar-refractivity contribution in [2.45, 2.75) is 25.9 Å². The summed E-state index contributed by atoms with van der Waals surface area (Å²) in [4.78, 5) is 0. The van der Waals surface area contributed by atoms with Gasteiger partial charge in [-0.2, -0.15) is 0 Å². The van der Waals surface area contributed by atoms with Gasteiger partial charge < -0.3 is 0 Å². The second kappa shape index (κ2) is 3.50. The van der Waals surface area contributed by atoms with Gasteiger partial charge in [0.25, 0.3) is 5.82 Å². The molecule has 15 heavy (non-hydrogen) atoms. The Labute approximate surface area is 89.0 Å². The molecular formula is C12H14N3+.